The fourth-order valence-corrected chi connectivity index (χ4v) is 2.63. The van der Waals surface area contributed by atoms with Crippen LogP contribution in [0.4, 0.5) is 4.79 Å². The molecule has 2 saturated carbocycles. The van der Waals surface area contributed by atoms with Crippen LogP contribution in [0.25, 0.3) is 0 Å². The minimum atomic E-state index is -0.840. The van der Waals surface area contributed by atoms with Gasteiger partial charge < -0.3 is 15.3 Å². The first-order valence-corrected chi connectivity index (χ1v) is 6.70. The second kappa shape index (κ2) is 4.78. The summed E-state index contributed by atoms with van der Waals surface area (Å²) >= 11 is 0. The van der Waals surface area contributed by atoms with E-state index in [-0.39, 0.29) is 18.5 Å². The zero-order valence-corrected chi connectivity index (χ0v) is 11.1. The average Bonchev–Trinajstić information content (AvgIpc) is 3.06. The molecule has 0 aromatic rings. The number of rotatable bonds is 5. The number of aliphatic carboxylic acids is 1. The van der Waals surface area contributed by atoms with Gasteiger partial charge in [-0.3, -0.25) is 4.79 Å². The van der Waals surface area contributed by atoms with Crippen LogP contribution >= 0.6 is 0 Å². The summed E-state index contributed by atoms with van der Waals surface area (Å²) in [5, 5.41) is 11.8. The number of urea groups is 1. The summed E-state index contributed by atoms with van der Waals surface area (Å²) in [5.74, 6) is -0.217. The first-order valence-electron chi connectivity index (χ1n) is 6.70. The molecule has 5 nitrogen and oxygen atoms in total. The molecular formula is C13H22N2O3. The molecule has 2 amide bonds. The van der Waals surface area contributed by atoms with Gasteiger partial charge in [0.25, 0.3) is 0 Å². The Balaban J connectivity index is 1.90. The number of nitrogens with one attached hydrogen (secondary N) is 1. The lowest BCUT2D eigenvalue weighted by atomic mass is 9.74. The first-order chi connectivity index (χ1) is 8.43. The first kappa shape index (κ1) is 13.2. The summed E-state index contributed by atoms with van der Waals surface area (Å²) in [5.41, 5.74) is -0.500. The molecule has 0 bridgehead atoms. The number of carboxylic acids is 1. The van der Waals surface area contributed by atoms with Gasteiger partial charge in [-0.05, 0) is 44.9 Å². The highest BCUT2D eigenvalue weighted by Gasteiger charge is 2.42. The molecule has 0 radical (unpaired) electrons. The maximum atomic E-state index is 12.1. The van der Waals surface area contributed by atoms with E-state index >= 15 is 0 Å². The molecule has 0 aromatic carbocycles. The lowest BCUT2D eigenvalue weighted by Gasteiger charge is -2.43. The van der Waals surface area contributed by atoms with E-state index < -0.39 is 11.5 Å². The van der Waals surface area contributed by atoms with Gasteiger partial charge in [0.05, 0.1) is 12.0 Å². The van der Waals surface area contributed by atoms with Gasteiger partial charge >= 0.3 is 12.0 Å². The van der Waals surface area contributed by atoms with Crippen LogP contribution in [0, 0.1) is 5.92 Å². The minimum Gasteiger partial charge on any atom is -0.481 e. The Kier molecular flexibility index (Phi) is 3.50. The number of amides is 2. The highest BCUT2D eigenvalue weighted by molar-refractivity contribution is 5.77. The van der Waals surface area contributed by atoms with Crippen molar-refractivity contribution in [3.05, 3.63) is 0 Å². The summed E-state index contributed by atoms with van der Waals surface area (Å²) in [7, 11) is 1.80. The third kappa shape index (κ3) is 2.76. The molecule has 2 aliphatic rings. The Bertz CT molecular complexity index is 348. The smallest absolute Gasteiger partial charge is 0.317 e. The summed E-state index contributed by atoms with van der Waals surface area (Å²) in [6, 6.07) is 0.113. The van der Waals surface area contributed by atoms with Crippen LogP contribution in [-0.4, -0.2) is 40.6 Å². The number of hydrogen-bond acceptors (Lipinski definition) is 2. The van der Waals surface area contributed by atoms with Crippen LogP contribution < -0.4 is 5.32 Å². The topological polar surface area (TPSA) is 69.6 Å². The van der Waals surface area contributed by atoms with E-state index in [1.807, 2.05) is 0 Å². The number of carboxylic acid groups (broad SMARTS) is 1. The molecule has 0 saturated heterocycles. The predicted molar refractivity (Wildman–Crippen MR) is 67.3 cm³/mol. The van der Waals surface area contributed by atoms with E-state index in [0.29, 0.717) is 5.92 Å². The molecular weight excluding hydrogens is 232 g/mol. The molecule has 18 heavy (non-hydrogen) atoms. The van der Waals surface area contributed by atoms with Crippen molar-refractivity contribution >= 4 is 12.0 Å². The van der Waals surface area contributed by atoms with Gasteiger partial charge in [-0.1, -0.05) is 0 Å². The summed E-state index contributed by atoms with van der Waals surface area (Å²) < 4.78 is 0. The number of nitrogens with zero attached hydrogens (tertiary/aromatic N) is 1. The van der Waals surface area contributed by atoms with Crippen molar-refractivity contribution in [2.45, 2.75) is 57.0 Å². The van der Waals surface area contributed by atoms with Crippen molar-refractivity contribution in [1.82, 2.24) is 10.2 Å². The molecule has 102 valence electrons. The van der Waals surface area contributed by atoms with Crippen molar-refractivity contribution in [1.29, 1.82) is 0 Å². The van der Waals surface area contributed by atoms with Crippen LogP contribution in [0.2, 0.25) is 0 Å². The maximum Gasteiger partial charge on any atom is 0.317 e. The minimum absolute atomic E-state index is 0.0321. The Morgan fingerprint density at radius 2 is 2.06 bits per heavy atom. The number of hydrogen-bond donors (Lipinski definition) is 2. The SMILES string of the molecule is CC(C1CC1)N(C)C(=O)NC1(CC(=O)O)CCC1. The van der Waals surface area contributed by atoms with Crippen molar-refractivity contribution in [3.8, 4) is 0 Å². The van der Waals surface area contributed by atoms with E-state index in [1.54, 1.807) is 11.9 Å². The molecule has 1 atom stereocenters. The lowest BCUT2D eigenvalue weighted by molar-refractivity contribution is -0.139. The average molecular weight is 254 g/mol. The number of carbonyl (C=O) groups excluding carboxylic acids is 1. The molecule has 2 fully saturated rings. The van der Waals surface area contributed by atoms with Crippen LogP contribution in [0.1, 0.15) is 45.4 Å². The summed E-state index contributed by atoms with van der Waals surface area (Å²) in [6.07, 6.45) is 4.96. The van der Waals surface area contributed by atoms with Gasteiger partial charge in [0, 0.05) is 13.1 Å². The van der Waals surface area contributed by atoms with Crippen LogP contribution in [-0.2, 0) is 4.79 Å². The van der Waals surface area contributed by atoms with Crippen LogP contribution in [0.3, 0.4) is 0 Å². The molecule has 2 aliphatic carbocycles. The normalized spacial score (nSPS) is 22.8. The van der Waals surface area contributed by atoms with E-state index in [9.17, 15) is 9.59 Å². The van der Waals surface area contributed by atoms with Gasteiger partial charge in [-0.25, -0.2) is 4.79 Å². The van der Waals surface area contributed by atoms with Crippen LogP contribution in [0.5, 0.6) is 0 Å². The van der Waals surface area contributed by atoms with Gasteiger partial charge in [0.1, 0.15) is 0 Å². The van der Waals surface area contributed by atoms with E-state index in [1.165, 1.54) is 12.8 Å². The Labute approximate surface area is 108 Å². The third-order valence-corrected chi connectivity index (χ3v) is 4.41. The van der Waals surface area contributed by atoms with Gasteiger partial charge in [-0.2, -0.15) is 0 Å². The van der Waals surface area contributed by atoms with Crippen LogP contribution in [0.15, 0.2) is 0 Å². The molecule has 2 rings (SSSR count). The third-order valence-electron chi connectivity index (χ3n) is 4.41. The van der Waals surface area contributed by atoms with Crippen molar-refractivity contribution in [2.24, 2.45) is 5.92 Å². The summed E-state index contributed by atoms with van der Waals surface area (Å²) in [4.78, 5) is 24.7. The molecule has 1 unspecified atom stereocenters. The largest absolute Gasteiger partial charge is 0.481 e. The molecule has 0 heterocycles. The zero-order valence-electron chi connectivity index (χ0n) is 11.1. The highest BCUT2D eigenvalue weighted by Crippen LogP contribution is 2.37. The molecule has 0 aromatic heterocycles. The van der Waals surface area contributed by atoms with Crippen molar-refractivity contribution in [2.75, 3.05) is 7.05 Å². The Morgan fingerprint density at radius 3 is 2.44 bits per heavy atom. The van der Waals surface area contributed by atoms with Gasteiger partial charge in [0.15, 0.2) is 0 Å². The monoisotopic (exact) mass is 254 g/mol. The van der Waals surface area contributed by atoms with E-state index in [2.05, 4.69) is 12.2 Å². The highest BCUT2D eigenvalue weighted by atomic mass is 16.4. The standard InChI is InChI=1S/C13H22N2O3/c1-9(10-4-5-10)15(2)12(18)14-13(6-3-7-13)8-11(16)17/h9-10H,3-8H2,1-2H3,(H,14,18)(H,16,17). The van der Waals surface area contributed by atoms with E-state index in [0.717, 1.165) is 19.3 Å². The fourth-order valence-electron chi connectivity index (χ4n) is 2.63. The lowest BCUT2D eigenvalue weighted by Crippen LogP contribution is -2.58. The molecule has 0 spiro atoms. The molecule has 5 heteroatoms. The predicted octanol–water partition coefficient (Wildman–Crippen LogP) is 1.82. The molecule has 2 N–H and O–H groups in total. The Hall–Kier alpha value is -1.26. The number of carbonyl (C=O) groups is 2. The van der Waals surface area contributed by atoms with Crippen molar-refractivity contribution < 1.29 is 14.7 Å². The Morgan fingerprint density at radius 1 is 1.44 bits per heavy atom. The summed E-state index contributed by atoms with van der Waals surface area (Å²) in [6.45, 7) is 2.06. The second-order valence-corrected chi connectivity index (χ2v) is 5.82. The van der Waals surface area contributed by atoms with Crippen molar-refractivity contribution in [3.63, 3.8) is 0 Å². The maximum absolute atomic E-state index is 12.1. The van der Waals surface area contributed by atoms with Gasteiger partial charge in [-0.15, -0.1) is 0 Å². The molecule has 0 aliphatic heterocycles. The quantitative estimate of drug-likeness (QED) is 0.786. The van der Waals surface area contributed by atoms with Gasteiger partial charge in [0.2, 0.25) is 0 Å². The zero-order chi connectivity index (χ0) is 13.3. The van der Waals surface area contributed by atoms with E-state index in [4.69, 9.17) is 5.11 Å². The second-order valence-electron chi connectivity index (χ2n) is 5.82. The fraction of sp³-hybridized carbons (Fsp3) is 0.846.